The topological polar surface area (TPSA) is 84.9 Å². The fraction of sp³-hybridized carbons (Fsp3) is 0.125. The van der Waals surface area contributed by atoms with Crippen molar-refractivity contribution in [3.8, 4) is 11.5 Å². The third-order valence-corrected chi connectivity index (χ3v) is 7.44. The summed E-state index contributed by atoms with van der Waals surface area (Å²) in [6.07, 6.45) is 1.27. The van der Waals surface area contributed by atoms with Gasteiger partial charge in [0.25, 0.3) is 10.0 Å². The maximum Gasteiger partial charge on any atom is 0.270 e. The number of halogens is 1. The lowest BCUT2D eigenvalue weighted by atomic mass is 10.1. The van der Waals surface area contributed by atoms with Gasteiger partial charge in [0, 0.05) is 23.3 Å². The smallest absolute Gasteiger partial charge is 0.270 e. The number of anilines is 1. The minimum atomic E-state index is -4.09. The molecule has 0 aromatic heterocycles. The van der Waals surface area contributed by atoms with Crippen LogP contribution in [0.2, 0.25) is 5.02 Å². The van der Waals surface area contributed by atoms with Gasteiger partial charge in [0.1, 0.15) is 0 Å². The van der Waals surface area contributed by atoms with Crippen molar-refractivity contribution in [2.75, 3.05) is 11.1 Å². The Balaban J connectivity index is 1.45. The summed E-state index contributed by atoms with van der Waals surface area (Å²) in [5.74, 6) is 0.749. The number of hydrogen-bond donors (Lipinski definition) is 1. The van der Waals surface area contributed by atoms with Crippen LogP contribution in [-0.2, 0) is 23.1 Å². The van der Waals surface area contributed by atoms with Gasteiger partial charge in [-0.3, -0.25) is 9.10 Å². The zero-order chi connectivity index (χ0) is 23.0. The Kier molecular flexibility index (Phi) is 5.47. The summed E-state index contributed by atoms with van der Waals surface area (Å²) in [4.78, 5) is 12.8. The molecule has 0 bridgehead atoms. The molecule has 168 valence electrons. The molecule has 2 aliphatic heterocycles. The maximum atomic E-state index is 13.5. The second-order valence-corrected chi connectivity index (χ2v) is 9.83. The molecule has 0 saturated heterocycles. The number of carbonyl (C=O) groups is 1. The van der Waals surface area contributed by atoms with Crippen LogP contribution in [0.15, 0.2) is 77.8 Å². The summed E-state index contributed by atoms with van der Waals surface area (Å²) in [5, 5.41) is 3.53. The number of fused-ring (bicyclic) bond motifs is 2. The van der Waals surface area contributed by atoms with Crippen molar-refractivity contribution in [2.45, 2.75) is 13.1 Å². The van der Waals surface area contributed by atoms with Gasteiger partial charge in [0.05, 0.1) is 12.2 Å². The highest BCUT2D eigenvalue weighted by molar-refractivity contribution is 7.97. The number of hydrogen-bond acceptors (Lipinski definition) is 6. The largest absolute Gasteiger partial charge is 0.454 e. The van der Waals surface area contributed by atoms with Crippen LogP contribution in [-0.4, -0.2) is 21.0 Å². The fourth-order valence-corrected chi connectivity index (χ4v) is 5.44. The van der Waals surface area contributed by atoms with Crippen molar-refractivity contribution in [2.24, 2.45) is 0 Å². The van der Waals surface area contributed by atoms with Crippen LogP contribution in [0.3, 0.4) is 0 Å². The third-order valence-electron chi connectivity index (χ3n) is 5.42. The first-order valence-electron chi connectivity index (χ1n) is 10.2. The van der Waals surface area contributed by atoms with Crippen LogP contribution in [0.1, 0.15) is 21.5 Å². The van der Waals surface area contributed by atoms with E-state index in [4.69, 9.17) is 21.1 Å². The molecule has 0 radical (unpaired) electrons. The third kappa shape index (κ3) is 4.03. The first kappa shape index (κ1) is 21.4. The molecule has 33 heavy (non-hydrogen) atoms. The molecular weight excluding hydrogens is 464 g/mol. The molecule has 0 spiro atoms. The van der Waals surface area contributed by atoms with E-state index in [0.717, 1.165) is 11.1 Å². The van der Waals surface area contributed by atoms with Crippen molar-refractivity contribution >= 4 is 33.1 Å². The van der Waals surface area contributed by atoms with Gasteiger partial charge in [-0.2, -0.15) is 0 Å². The molecule has 0 unspecified atom stereocenters. The van der Waals surface area contributed by atoms with Crippen molar-refractivity contribution in [3.63, 3.8) is 0 Å². The summed E-state index contributed by atoms with van der Waals surface area (Å²) in [6.45, 7) is 0.553. The maximum absolute atomic E-state index is 13.5. The zero-order valence-electron chi connectivity index (χ0n) is 17.3. The summed E-state index contributed by atoms with van der Waals surface area (Å²) < 4.78 is 38.9. The fourth-order valence-electron chi connectivity index (χ4n) is 3.76. The predicted octanol–water partition coefficient (Wildman–Crippen LogP) is 4.23. The van der Waals surface area contributed by atoms with Gasteiger partial charge in [-0.1, -0.05) is 41.9 Å². The normalized spacial score (nSPS) is 17.2. The molecule has 0 atom stereocenters. The lowest BCUT2D eigenvalue weighted by Crippen LogP contribution is -2.39. The number of nitrogens with zero attached hydrogens (tertiary/aromatic N) is 1. The summed E-state index contributed by atoms with van der Waals surface area (Å²) in [5.41, 5.74) is 2.29. The molecular formula is C24H19ClN2O5S. The first-order chi connectivity index (χ1) is 15.9. The van der Waals surface area contributed by atoms with Crippen LogP contribution >= 0.6 is 11.6 Å². The minimum absolute atomic E-state index is 0.0727. The van der Waals surface area contributed by atoms with Crippen LogP contribution in [0.4, 0.5) is 5.69 Å². The number of nitrogens with one attached hydrogen (secondary N) is 1. The predicted molar refractivity (Wildman–Crippen MR) is 125 cm³/mol. The van der Waals surface area contributed by atoms with E-state index < -0.39 is 15.8 Å². The highest BCUT2D eigenvalue weighted by Crippen LogP contribution is 2.36. The molecule has 7 nitrogen and oxygen atoms in total. The highest BCUT2D eigenvalue weighted by atomic mass is 35.5. The quantitative estimate of drug-likeness (QED) is 0.548. The summed E-state index contributed by atoms with van der Waals surface area (Å²) in [7, 11) is -4.09. The molecule has 0 fully saturated rings. The van der Waals surface area contributed by atoms with Gasteiger partial charge in [-0.15, -0.1) is 0 Å². The Bertz CT molecular complexity index is 1370. The highest BCUT2D eigenvalue weighted by Gasteiger charge is 2.40. The number of rotatable bonds is 5. The van der Waals surface area contributed by atoms with Gasteiger partial charge in [0.15, 0.2) is 16.4 Å². The summed E-state index contributed by atoms with van der Waals surface area (Å²) >= 11 is 5.96. The van der Waals surface area contributed by atoms with E-state index in [9.17, 15) is 13.2 Å². The molecule has 9 heteroatoms. The van der Waals surface area contributed by atoms with Gasteiger partial charge < -0.3 is 14.8 Å². The molecule has 0 saturated carbocycles. The van der Waals surface area contributed by atoms with Gasteiger partial charge in [0.2, 0.25) is 12.6 Å². The molecule has 2 heterocycles. The standard InChI is InChI=1S/C24H19ClN2O5S/c25-18-8-5-16(6-9-18)14-27-20-4-2-1-3-19(20)24(28)23(33(27,29)30)13-26-12-17-7-10-21-22(11-17)32-15-31-21/h1-11,13,26H,12,14-15H2/b23-13+. The summed E-state index contributed by atoms with van der Waals surface area (Å²) in [6, 6.07) is 19.1. The van der Waals surface area contributed by atoms with Crippen LogP contribution in [0.5, 0.6) is 11.5 Å². The van der Waals surface area contributed by atoms with Crippen molar-refractivity contribution in [1.29, 1.82) is 0 Å². The minimum Gasteiger partial charge on any atom is -0.454 e. The SMILES string of the molecule is O=C1/C(=C\NCc2ccc3c(c2)OCO3)S(=O)(=O)N(Cc2ccc(Cl)cc2)c2ccccc21. The van der Waals surface area contributed by atoms with Crippen LogP contribution in [0.25, 0.3) is 0 Å². The number of allylic oxidation sites excluding steroid dienone is 1. The second kappa shape index (κ2) is 8.46. The number of para-hydroxylation sites is 1. The molecule has 0 amide bonds. The van der Waals surface area contributed by atoms with Crippen LogP contribution in [0, 0.1) is 0 Å². The Hall–Kier alpha value is -3.49. The average molecular weight is 483 g/mol. The molecule has 5 rings (SSSR count). The average Bonchev–Trinajstić information content (AvgIpc) is 3.28. The number of ketones is 1. The van der Waals surface area contributed by atoms with E-state index in [2.05, 4.69) is 5.32 Å². The van der Waals surface area contributed by atoms with Crippen molar-refractivity contribution < 1.29 is 22.7 Å². The van der Waals surface area contributed by atoms with E-state index in [1.54, 1.807) is 54.6 Å². The van der Waals surface area contributed by atoms with E-state index >= 15 is 0 Å². The van der Waals surface area contributed by atoms with Gasteiger partial charge in [-0.05, 0) is 47.5 Å². The molecule has 0 aliphatic carbocycles. The Labute approximate surface area is 196 Å². The lowest BCUT2D eigenvalue weighted by Gasteiger charge is -2.31. The van der Waals surface area contributed by atoms with Gasteiger partial charge in [-0.25, -0.2) is 8.42 Å². The van der Waals surface area contributed by atoms with E-state index in [-0.39, 0.29) is 18.2 Å². The Morgan fingerprint density at radius 2 is 1.70 bits per heavy atom. The zero-order valence-corrected chi connectivity index (χ0v) is 18.9. The lowest BCUT2D eigenvalue weighted by molar-refractivity contribution is 0.104. The molecule has 2 aliphatic rings. The monoisotopic (exact) mass is 482 g/mol. The molecule has 1 N–H and O–H groups in total. The molecule has 3 aromatic rings. The number of ether oxygens (including phenoxy) is 2. The Morgan fingerprint density at radius 3 is 2.52 bits per heavy atom. The van der Waals surface area contributed by atoms with E-state index in [0.29, 0.717) is 34.3 Å². The number of sulfonamides is 1. The van der Waals surface area contributed by atoms with Crippen molar-refractivity contribution in [1.82, 2.24) is 5.32 Å². The number of Topliss-reactive ketones (excluding diaryl/α,β-unsaturated/α-hetero) is 1. The second-order valence-electron chi connectivity index (χ2n) is 7.56. The van der Waals surface area contributed by atoms with Gasteiger partial charge >= 0.3 is 0 Å². The molecule has 3 aromatic carbocycles. The van der Waals surface area contributed by atoms with E-state index in [1.165, 1.54) is 10.5 Å². The van der Waals surface area contributed by atoms with E-state index in [1.807, 2.05) is 12.1 Å². The first-order valence-corrected chi connectivity index (χ1v) is 12.0. The number of carbonyl (C=O) groups excluding carboxylic acids is 1. The van der Waals surface area contributed by atoms with Crippen molar-refractivity contribution in [3.05, 3.63) is 99.5 Å². The Morgan fingerprint density at radius 1 is 0.970 bits per heavy atom. The number of benzene rings is 3. The van der Waals surface area contributed by atoms with Crippen LogP contribution < -0.4 is 19.1 Å².